The molecule has 8 heteroatoms. The summed E-state index contributed by atoms with van der Waals surface area (Å²) in [5.74, 6) is 0.603. The van der Waals surface area contributed by atoms with E-state index in [0.717, 1.165) is 62.8 Å². The molecule has 1 amide bonds. The van der Waals surface area contributed by atoms with Crippen molar-refractivity contribution < 1.29 is 4.79 Å². The highest BCUT2D eigenvalue weighted by Gasteiger charge is 2.39. The molecule has 0 bridgehead atoms. The van der Waals surface area contributed by atoms with Gasteiger partial charge in [0.1, 0.15) is 0 Å². The zero-order chi connectivity index (χ0) is 18.3. The standard InChI is InChI=1S/C21H28N4OS.2ClH/c26-19(24-13-8-21(9-14-24)7-10-22-15-21)16-5-11-25(12-6-16)20-23-17-3-1-2-4-18(17)27-20;;/h1-4,16,22H,5-15H2;2*1H. The lowest BCUT2D eigenvalue weighted by Crippen LogP contribution is -2.48. The molecule has 0 aliphatic carbocycles. The third-order valence-corrected chi connectivity index (χ3v) is 7.96. The average molecular weight is 457 g/mol. The summed E-state index contributed by atoms with van der Waals surface area (Å²) in [6.07, 6.45) is 5.55. The second-order valence-electron chi connectivity index (χ2n) is 8.48. The Morgan fingerprint density at radius 1 is 1.07 bits per heavy atom. The Hall–Kier alpha value is -1.08. The normalized spacial score (nSPS) is 21.8. The van der Waals surface area contributed by atoms with E-state index in [9.17, 15) is 4.79 Å². The Morgan fingerprint density at radius 3 is 2.45 bits per heavy atom. The number of benzene rings is 1. The lowest BCUT2D eigenvalue weighted by molar-refractivity contribution is -0.138. The van der Waals surface area contributed by atoms with Crippen LogP contribution in [0.15, 0.2) is 24.3 Å². The number of rotatable bonds is 2. The van der Waals surface area contributed by atoms with Crippen LogP contribution in [0.5, 0.6) is 0 Å². The highest BCUT2D eigenvalue weighted by atomic mass is 35.5. The first-order chi connectivity index (χ1) is 13.2. The molecule has 0 radical (unpaired) electrons. The molecule has 1 spiro atoms. The number of halogens is 2. The number of likely N-dealkylation sites (tertiary alicyclic amines) is 1. The number of hydrogen-bond donors (Lipinski definition) is 1. The summed E-state index contributed by atoms with van der Waals surface area (Å²) in [6.45, 7) is 6.10. The number of fused-ring (bicyclic) bond motifs is 1. The van der Waals surface area contributed by atoms with E-state index in [-0.39, 0.29) is 30.7 Å². The van der Waals surface area contributed by atoms with Crippen LogP contribution in [0.4, 0.5) is 5.13 Å². The van der Waals surface area contributed by atoms with Crippen molar-refractivity contribution in [3.05, 3.63) is 24.3 Å². The topological polar surface area (TPSA) is 48.5 Å². The van der Waals surface area contributed by atoms with Gasteiger partial charge in [-0.05, 0) is 56.2 Å². The molecule has 3 aliphatic heterocycles. The number of hydrogen-bond acceptors (Lipinski definition) is 5. The molecule has 5 nitrogen and oxygen atoms in total. The summed E-state index contributed by atoms with van der Waals surface area (Å²) in [7, 11) is 0. The van der Waals surface area contributed by atoms with Crippen molar-refractivity contribution in [2.45, 2.75) is 32.1 Å². The molecule has 1 aromatic heterocycles. The molecular formula is C21H30Cl2N4OS. The molecule has 1 aromatic carbocycles. The van der Waals surface area contributed by atoms with Gasteiger partial charge < -0.3 is 15.1 Å². The fraction of sp³-hybridized carbons (Fsp3) is 0.619. The molecule has 0 atom stereocenters. The van der Waals surface area contributed by atoms with Gasteiger partial charge in [-0.3, -0.25) is 4.79 Å². The molecule has 3 saturated heterocycles. The van der Waals surface area contributed by atoms with Crippen molar-refractivity contribution in [1.29, 1.82) is 0 Å². The van der Waals surface area contributed by atoms with Crippen LogP contribution in [0.1, 0.15) is 32.1 Å². The van der Waals surface area contributed by atoms with Gasteiger partial charge in [-0.1, -0.05) is 23.5 Å². The van der Waals surface area contributed by atoms with E-state index in [1.165, 1.54) is 24.0 Å². The number of carbonyl (C=O) groups is 1. The minimum Gasteiger partial charge on any atom is -0.348 e. The molecule has 0 unspecified atom stereocenters. The van der Waals surface area contributed by atoms with Crippen molar-refractivity contribution >= 4 is 57.4 Å². The highest BCUT2D eigenvalue weighted by molar-refractivity contribution is 7.22. The first kappa shape index (κ1) is 22.6. The molecule has 5 rings (SSSR count). The average Bonchev–Trinajstić information content (AvgIpc) is 3.35. The zero-order valence-electron chi connectivity index (χ0n) is 16.6. The van der Waals surface area contributed by atoms with Crippen molar-refractivity contribution in [3.8, 4) is 0 Å². The number of anilines is 1. The van der Waals surface area contributed by atoms with Gasteiger partial charge in [0.25, 0.3) is 0 Å². The molecule has 4 heterocycles. The van der Waals surface area contributed by atoms with Gasteiger partial charge in [-0.15, -0.1) is 24.8 Å². The van der Waals surface area contributed by atoms with E-state index in [1.54, 1.807) is 11.3 Å². The number of amides is 1. The van der Waals surface area contributed by atoms with E-state index in [1.807, 2.05) is 6.07 Å². The lowest BCUT2D eigenvalue weighted by atomic mass is 9.77. The van der Waals surface area contributed by atoms with Crippen LogP contribution in [-0.2, 0) is 4.79 Å². The second kappa shape index (κ2) is 9.38. The van der Waals surface area contributed by atoms with Crippen molar-refractivity contribution in [2.24, 2.45) is 11.3 Å². The number of carbonyl (C=O) groups excluding carboxylic acids is 1. The quantitative estimate of drug-likeness (QED) is 0.742. The number of para-hydroxylation sites is 1. The van der Waals surface area contributed by atoms with Gasteiger partial charge in [0, 0.05) is 38.6 Å². The monoisotopic (exact) mass is 456 g/mol. The SMILES string of the molecule is Cl.Cl.O=C(C1CCN(c2nc3ccccc3s2)CC1)N1CCC2(CCNC2)CC1. The minimum absolute atomic E-state index is 0. The van der Waals surface area contributed by atoms with Gasteiger partial charge in [-0.25, -0.2) is 4.98 Å². The smallest absolute Gasteiger partial charge is 0.225 e. The van der Waals surface area contributed by atoms with Gasteiger partial charge in [-0.2, -0.15) is 0 Å². The summed E-state index contributed by atoms with van der Waals surface area (Å²) in [4.78, 5) is 22.3. The Kier molecular flexibility index (Phi) is 7.31. The van der Waals surface area contributed by atoms with Crippen molar-refractivity contribution in [1.82, 2.24) is 15.2 Å². The Bertz CT molecular complexity index is 788. The molecule has 160 valence electrons. The fourth-order valence-corrected chi connectivity index (χ4v) is 6.01. The predicted molar refractivity (Wildman–Crippen MR) is 125 cm³/mol. The van der Waals surface area contributed by atoms with Crippen LogP contribution in [0.25, 0.3) is 10.2 Å². The summed E-state index contributed by atoms with van der Waals surface area (Å²) in [5.41, 5.74) is 1.56. The van der Waals surface area contributed by atoms with Crippen molar-refractivity contribution in [3.63, 3.8) is 0 Å². The molecule has 0 saturated carbocycles. The molecular weight excluding hydrogens is 427 g/mol. The van der Waals surface area contributed by atoms with Gasteiger partial charge >= 0.3 is 0 Å². The molecule has 2 aromatic rings. The van der Waals surface area contributed by atoms with E-state index >= 15 is 0 Å². The number of thiazole rings is 1. The van der Waals surface area contributed by atoms with Crippen LogP contribution < -0.4 is 10.2 Å². The first-order valence-corrected chi connectivity index (χ1v) is 11.1. The number of piperidine rings is 2. The fourth-order valence-electron chi connectivity index (χ4n) is 4.99. The third kappa shape index (κ3) is 4.50. The van der Waals surface area contributed by atoms with Crippen molar-refractivity contribution in [2.75, 3.05) is 44.2 Å². The molecule has 29 heavy (non-hydrogen) atoms. The summed E-state index contributed by atoms with van der Waals surface area (Å²) in [6, 6.07) is 8.32. The van der Waals surface area contributed by atoms with Crippen LogP contribution in [0.3, 0.4) is 0 Å². The zero-order valence-corrected chi connectivity index (χ0v) is 19.1. The van der Waals surface area contributed by atoms with Crippen LogP contribution >= 0.6 is 36.2 Å². The Morgan fingerprint density at radius 2 is 1.79 bits per heavy atom. The summed E-state index contributed by atoms with van der Waals surface area (Å²) < 4.78 is 1.24. The van der Waals surface area contributed by atoms with E-state index in [2.05, 4.69) is 33.3 Å². The largest absolute Gasteiger partial charge is 0.348 e. The van der Waals surface area contributed by atoms with Gasteiger partial charge in [0.2, 0.25) is 5.91 Å². The summed E-state index contributed by atoms with van der Waals surface area (Å²) >= 11 is 1.77. The predicted octanol–water partition coefficient (Wildman–Crippen LogP) is 3.96. The van der Waals surface area contributed by atoms with Crippen LogP contribution in [0, 0.1) is 11.3 Å². The van der Waals surface area contributed by atoms with E-state index in [0.29, 0.717) is 11.3 Å². The number of nitrogens with zero attached hydrogens (tertiary/aromatic N) is 3. The maximum absolute atomic E-state index is 13.0. The number of aromatic nitrogens is 1. The van der Waals surface area contributed by atoms with Crippen LogP contribution in [-0.4, -0.2) is 55.1 Å². The minimum atomic E-state index is 0. The first-order valence-electron chi connectivity index (χ1n) is 10.3. The van der Waals surface area contributed by atoms with Crippen LogP contribution in [0.2, 0.25) is 0 Å². The molecule has 1 N–H and O–H groups in total. The third-order valence-electron chi connectivity index (χ3n) is 6.87. The summed E-state index contributed by atoms with van der Waals surface area (Å²) in [5, 5.41) is 4.61. The van der Waals surface area contributed by atoms with E-state index in [4.69, 9.17) is 4.98 Å². The highest BCUT2D eigenvalue weighted by Crippen LogP contribution is 2.38. The molecule has 3 aliphatic rings. The maximum Gasteiger partial charge on any atom is 0.225 e. The molecule has 3 fully saturated rings. The van der Waals surface area contributed by atoms with E-state index < -0.39 is 0 Å². The van der Waals surface area contributed by atoms with Gasteiger partial charge in [0.15, 0.2) is 5.13 Å². The number of nitrogens with one attached hydrogen (secondary N) is 1. The lowest BCUT2D eigenvalue weighted by Gasteiger charge is -2.41. The maximum atomic E-state index is 13.0. The Balaban J connectivity index is 0.00000120. The second-order valence-corrected chi connectivity index (χ2v) is 9.49. The van der Waals surface area contributed by atoms with Gasteiger partial charge in [0.05, 0.1) is 10.2 Å². The Labute approximate surface area is 189 Å².